The van der Waals surface area contributed by atoms with E-state index in [0.717, 1.165) is 5.56 Å². The van der Waals surface area contributed by atoms with E-state index in [4.69, 9.17) is 22.6 Å². The molecule has 0 radical (unpaired) electrons. The van der Waals surface area contributed by atoms with Gasteiger partial charge in [-0.25, -0.2) is 0 Å². The number of amides is 1. The molecule has 1 atom stereocenters. The van der Waals surface area contributed by atoms with E-state index in [0.29, 0.717) is 26.8 Å². The normalized spacial score (nSPS) is 13.5. The number of benzene rings is 2. The van der Waals surface area contributed by atoms with Gasteiger partial charge in [0.25, 0.3) is 5.91 Å². The molecule has 1 heterocycles. The second-order valence-electron chi connectivity index (χ2n) is 6.35. The lowest BCUT2D eigenvalue weighted by Gasteiger charge is -2.18. The smallest absolute Gasteiger partial charge is 0.265 e. The zero-order valence-electron chi connectivity index (χ0n) is 14.9. The van der Waals surface area contributed by atoms with Gasteiger partial charge < -0.3 is 20.4 Å². The number of carbonyl (C=O) groups is 1. The van der Waals surface area contributed by atoms with Gasteiger partial charge in [0.15, 0.2) is 7.14 Å². The summed E-state index contributed by atoms with van der Waals surface area (Å²) in [5.41, 5.74) is 7.49. The quantitative estimate of drug-likeness (QED) is 0.439. The van der Waals surface area contributed by atoms with Crippen LogP contribution in [-0.4, -0.2) is 22.3 Å². The molecule has 0 saturated carbocycles. The second-order valence-corrected chi connectivity index (χ2v) is 9.51. The van der Waals surface area contributed by atoms with Crippen LogP contribution in [0.25, 0.3) is 17.0 Å². The molecule has 3 rings (SSSR count). The molecule has 2 aromatic carbocycles. The largest absolute Gasteiger partial charge is 0.388 e. The summed E-state index contributed by atoms with van der Waals surface area (Å²) in [6, 6.07) is 11.9. The van der Waals surface area contributed by atoms with E-state index in [1.165, 1.54) is 6.08 Å². The number of halogens is 1. The van der Waals surface area contributed by atoms with E-state index in [2.05, 4.69) is 4.98 Å². The molecule has 0 aliphatic heterocycles. The monoisotopic (exact) mass is 413 g/mol. The minimum absolute atomic E-state index is 0.0229. The van der Waals surface area contributed by atoms with Crippen LogP contribution in [0.1, 0.15) is 21.6 Å². The van der Waals surface area contributed by atoms with Crippen molar-refractivity contribution in [2.24, 2.45) is 5.73 Å². The molecule has 8 heteroatoms. The summed E-state index contributed by atoms with van der Waals surface area (Å²) in [6.45, 7) is 1.82. The summed E-state index contributed by atoms with van der Waals surface area (Å²) >= 11 is 6.10. The summed E-state index contributed by atoms with van der Waals surface area (Å²) in [4.78, 5) is 14.9. The zero-order chi connectivity index (χ0) is 20.5. The third kappa shape index (κ3) is 3.48. The number of nitriles is 1. The van der Waals surface area contributed by atoms with Gasteiger partial charge in [0, 0.05) is 27.3 Å². The van der Waals surface area contributed by atoms with E-state index in [-0.39, 0.29) is 11.0 Å². The number of primary amides is 1. The molecule has 142 valence electrons. The van der Waals surface area contributed by atoms with Crippen LogP contribution in [0.2, 0.25) is 5.02 Å². The molecule has 0 unspecified atom stereocenters. The van der Waals surface area contributed by atoms with Crippen LogP contribution in [0, 0.1) is 18.3 Å². The Morgan fingerprint density at radius 2 is 2.11 bits per heavy atom. The lowest BCUT2D eigenvalue weighted by Crippen LogP contribution is -2.26. The van der Waals surface area contributed by atoms with Crippen molar-refractivity contribution in [1.29, 1.82) is 5.26 Å². The average Bonchev–Trinajstić information content (AvgIpc) is 3.04. The van der Waals surface area contributed by atoms with Crippen molar-refractivity contribution in [2.75, 3.05) is 6.35 Å². The Morgan fingerprint density at radius 3 is 2.75 bits per heavy atom. The van der Waals surface area contributed by atoms with Gasteiger partial charge in [-0.15, -0.1) is 0 Å². The Kier molecular flexibility index (Phi) is 5.44. The van der Waals surface area contributed by atoms with Gasteiger partial charge in [0.1, 0.15) is 12.0 Å². The van der Waals surface area contributed by atoms with E-state index in [1.54, 1.807) is 36.4 Å². The SMILES string of the molecule is Cc1cc(/C=C/C#N)cc([P@](=O)(CO)c2c(C(N)=O)[nH]c3ccc(Cl)cc23)c1. The summed E-state index contributed by atoms with van der Waals surface area (Å²) in [6.07, 6.45) is 2.19. The van der Waals surface area contributed by atoms with Gasteiger partial charge in [0.2, 0.25) is 0 Å². The molecule has 1 amide bonds. The predicted molar refractivity (Wildman–Crippen MR) is 112 cm³/mol. The molecule has 0 saturated heterocycles. The number of hydrogen-bond donors (Lipinski definition) is 3. The first-order chi connectivity index (χ1) is 13.3. The fourth-order valence-corrected chi connectivity index (χ4v) is 5.82. The number of allylic oxidation sites excluding steroid dienone is 1. The second kappa shape index (κ2) is 7.65. The number of hydrogen-bond acceptors (Lipinski definition) is 4. The molecule has 6 nitrogen and oxygen atoms in total. The third-order valence-electron chi connectivity index (χ3n) is 4.39. The summed E-state index contributed by atoms with van der Waals surface area (Å²) < 4.78 is 14.1. The van der Waals surface area contributed by atoms with E-state index >= 15 is 0 Å². The van der Waals surface area contributed by atoms with Crippen LogP contribution in [0.3, 0.4) is 0 Å². The van der Waals surface area contributed by atoms with Crippen LogP contribution in [-0.2, 0) is 4.57 Å². The highest BCUT2D eigenvalue weighted by Gasteiger charge is 2.34. The standard InChI is InChI=1S/C20H17ClN3O3P/c1-12-7-13(3-2-6-22)9-15(8-12)28(27,11-25)19-16-10-14(21)4-5-17(16)24-18(19)20(23)26/h2-5,7-10,24-25H,11H2,1H3,(H2,23,26)/b3-2+/t28-/m1/s1. The predicted octanol–water partition coefficient (Wildman–Crippen LogP) is 3.03. The molecular weight excluding hydrogens is 397 g/mol. The molecule has 0 spiro atoms. The Morgan fingerprint density at radius 1 is 1.36 bits per heavy atom. The number of aromatic nitrogens is 1. The minimum Gasteiger partial charge on any atom is -0.388 e. The van der Waals surface area contributed by atoms with E-state index < -0.39 is 19.4 Å². The maximum atomic E-state index is 14.1. The summed E-state index contributed by atoms with van der Waals surface area (Å²) in [7, 11) is -3.65. The van der Waals surface area contributed by atoms with Crippen LogP contribution in [0.5, 0.6) is 0 Å². The first kappa shape index (κ1) is 19.9. The number of carbonyl (C=O) groups excluding carboxylic acids is 1. The van der Waals surface area contributed by atoms with Crippen molar-refractivity contribution < 1.29 is 14.5 Å². The fourth-order valence-electron chi connectivity index (χ4n) is 3.22. The van der Waals surface area contributed by atoms with Crippen LogP contribution >= 0.6 is 18.7 Å². The number of nitrogens with zero attached hydrogens (tertiary/aromatic N) is 1. The minimum atomic E-state index is -3.65. The molecule has 0 bridgehead atoms. The number of fused-ring (bicyclic) bond motifs is 1. The molecule has 3 aromatic rings. The number of aryl methyl sites for hydroxylation is 1. The molecular formula is C20H17ClN3O3P. The molecule has 0 aliphatic carbocycles. The maximum absolute atomic E-state index is 14.1. The van der Waals surface area contributed by atoms with Crippen molar-refractivity contribution in [1.82, 2.24) is 4.98 Å². The first-order valence-corrected chi connectivity index (χ1v) is 10.6. The Labute approximate surface area is 166 Å². The highest BCUT2D eigenvalue weighted by atomic mass is 35.5. The van der Waals surface area contributed by atoms with Gasteiger partial charge >= 0.3 is 0 Å². The lowest BCUT2D eigenvalue weighted by molar-refractivity contribution is 0.0997. The average molecular weight is 414 g/mol. The van der Waals surface area contributed by atoms with Crippen molar-refractivity contribution in [3.63, 3.8) is 0 Å². The maximum Gasteiger partial charge on any atom is 0.265 e. The fraction of sp³-hybridized carbons (Fsp3) is 0.100. The molecule has 0 fully saturated rings. The Balaban J connectivity index is 2.36. The number of nitrogens with two attached hydrogens (primary N) is 1. The molecule has 28 heavy (non-hydrogen) atoms. The van der Waals surface area contributed by atoms with Crippen molar-refractivity contribution in [3.05, 3.63) is 64.3 Å². The highest BCUT2D eigenvalue weighted by molar-refractivity contribution is 7.79. The number of H-pyrrole nitrogens is 1. The number of nitrogens with one attached hydrogen (secondary N) is 1. The van der Waals surface area contributed by atoms with Crippen LogP contribution in [0.4, 0.5) is 0 Å². The molecule has 1 aromatic heterocycles. The highest BCUT2D eigenvalue weighted by Crippen LogP contribution is 2.46. The van der Waals surface area contributed by atoms with Gasteiger partial charge in [-0.1, -0.05) is 17.7 Å². The van der Waals surface area contributed by atoms with Crippen molar-refractivity contribution in [3.8, 4) is 6.07 Å². The summed E-state index contributed by atoms with van der Waals surface area (Å²) in [5, 5.41) is 20.3. The van der Waals surface area contributed by atoms with Gasteiger partial charge in [-0.2, -0.15) is 5.26 Å². The zero-order valence-corrected chi connectivity index (χ0v) is 16.6. The molecule has 0 aliphatic rings. The van der Waals surface area contributed by atoms with Gasteiger partial charge in [-0.05, 0) is 54.5 Å². The van der Waals surface area contributed by atoms with Crippen molar-refractivity contribution in [2.45, 2.75) is 6.92 Å². The van der Waals surface area contributed by atoms with Crippen LogP contribution in [0.15, 0.2) is 42.5 Å². The topological polar surface area (TPSA) is 120 Å². The van der Waals surface area contributed by atoms with E-state index in [9.17, 15) is 14.5 Å². The Bertz CT molecular complexity index is 1210. The van der Waals surface area contributed by atoms with Crippen LogP contribution < -0.4 is 16.3 Å². The lowest BCUT2D eigenvalue weighted by atomic mass is 10.1. The van der Waals surface area contributed by atoms with E-state index in [1.807, 2.05) is 19.1 Å². The van der Waals surface area contributed by atoms with Gasteiger partial charge in [-0.3, -0.25) is 4.79 Å². The first-order valence-electron chi connectivity index (χ1n) is 8.30. The number of aliphatic hydroxyl groups is 1. The Hall–Kier alpha value is -2.84. The molecule has 4 N–H and O–H groups in total. The number of aromatic amines is 1. The summed E-state index contributed by atoms with van der Waals surface area (Å²) in [5.74, 6) is -0.784. The third-order valence-corrected chi connectivity index (χ3v) is 7.30. The van der Waals surface area contributed by atoms with Gasteiger partial charge in [0.05, 0.1) is 11.4 Å². The number of rotatable bonds is 5. The number of aliphatic hydroxyl groups excluding tert-OH is 1. The van der Waals surface area contributed by atoms with Crippen molar-refractivity contribution >= 4 is 52.2 Å².